The first-order chi connectivity index (χ1) is 17.6. The molecular formula is C29H39N5O2. The number of anilines is 1. The van der Waals surface area contributed by atoms with Crippen molar-refractivity contribution >= 4 is 17.0 Å². The van der Waals surface area contributed by atoms with Gasteiger partial charge in [-0.1, -0.05) is 37.1 Å². The van der Waals surface area contributed by atoms with Crippen LogP contribution in [-0.4, -0.2) is 63.0 Å². The van der Waals surface area contributed by atoms with E-state index >= 15 is 0 Å². The minimum atomic E-state index is -0.170. The lowest BCUT2D eigenvalue weighted by Gasteiger charge is -2.27. The molecule has 3 aliphatic rings. The highest BCUT2D eigenvalue weighted by Crippen LogP contribution is 2.37. The summed E-state index contributed by atoms with van der Waals surface area (Å²) in [5.74, 6) is 1.59. The lowest BCUT2D eigenvalue weighted by molar-refractivity contribution is 0.0342. The molecule has 0 spiro atoms. The van der Waals surface area contributed by atoms with Gasteiger partial charge in [0.2, 0.25) is 5.95 Å². The zero-order chi connectivity index (χ0) is 24.5. The first kappa shape index (κ1) is 23.9. The Morgan fingerprint density at radius 1 is 1.06 bits per heavy atom. The summed E-state index contributed by atoms with van der Waals surface area (Å²) in [7, 11) is 0. The van der Waals surface area contributed by atoms with Crippen LogP contribution in [0.15, 0.2) is 36.7 Å². The summed E-state index contributed by atoms with van der Waals surface area (Å²) in [4.78, 5) is 12.2. The van der Waals surface area contributed by atoms with Gasteiger partial charge in [-0.25, -0.2) is 4.98 Å². The van der Waals surface area contributed by atoms with E-state index in [1.54, 1.807) is 0 Å². The Hall–Kier alpha value is -2.48. The van der Waals surface area contributed by atoms with Gasteiger partial charge in [0.05, 0.1) is 19.3 Å². The first-order valence-electron chi connectivity index (χ1n) is 13.8. The van der Waals surface area contributed by atoms with Gasteiger partial charge in [0.15, 0.2) is 0 Å². The van der Waals surface area contributed by atoms with Gasteiger partial charge >= 0.3 is 0 Å². The Morgan fingerprint density at radius 2 is 1.81 bits per heavy atom. The molecule has 0 radical (unpaired) electrons. The molecule has 1 saturated heterocycles. The molecule has 1 aliphatic heterocycles. The number of ether oxygens (including phenoxy) is 1. The molecule has 3 aromatic rings. The summed E-state index contributed by atoms with van der Waals surface area (Å²) in [6.45, 7) is 6.85. The van der Waals surface area contributed by atoms with Gasteiger partial charge in [-0.15, -0.1) is 0 Å². The van der Waals surface area contributed by atoms with Crippen molar-refractivity contribution in [2.75, 3.05) is 31.6 Å². The maximum absolute atomic E-state index is 10.1. The number of nitrogens with one attached hydrogen (secondary N) is 1. The van der Waals surface area contributed by atoms with Crippen LogP contribution in [-0.2, 0) is 11.3 Å². The molecule has 2 aromatic heterocycles. The second-order valence-electron chi connectivity index (χ2n) is 11.2. The predicted molar refractivity (Wildman–Crippen MR) is 143 cm³/mol. The number of morpholine rings is 1. The summed E-state index contributed by atoms with van der Waals surface area (Å²) in [5.41, 5.74) is 4.72. The third-order valence-electron chi connectivity index (χ3n) is 8.17. The van der Waals surface area contributed by atoms with E-state index in [1.165, 1.54) is 36.0 Å². The summed E-state index contributed by atoms with van der Waals surface area (Å²) in [5, 5.41) is 14.7. The van der Waals surface area contributed by atoms with Crippen molar-refractivity contribution in [3.05, 3.63) is 42.2 Å². The number of benzene rings is 1. The molecule has 0 amide bonds. The first-order valence-corrected chi connectivity index (χ1v) is 13.8. The molecule has 3 fully saturated rings. The van der Waals surface area contributed by atoms with E-state index in [0.29, 0.717) is 12.1 Å². The highest BCUT2D eigenvalue weighted by molar-refractivity contribution is 5.94. The molecular weight excluding hydrogens is 450 g/mol. The van der Waals surface area contributed by atoms with Crippen LogP contribution in [0.2, 0.25) is 0 Å². The number of hydrogen-bond donors (Lipinski definition) is 2. The number of aromatic nitrogens is 3. The second kappa shape index (κ2) is 10.5. The Labute approximate surface area is 213 Å². The van der Waals surface area contributed by atoms with Gasteiger partial charge in [-0.3, -0.25) is 4.90 Å². The molecule has 1 atom stereocenters. The maximum Gasteiger partial charge on any atom is 0.224 e. The molecule has 0 bridgehead atoms. The molecule has 2 saturated carbocycles. The Balaban J connectivity index is 1.28. The van der Waals surface area contributed by atoms with Crippen LogP contribution in [0.25, 0.3) is 22.2 Å². The quantitative estimate of drug-likeness (QED) is 0.463. The number of fused-ring (bicyclic) bond motifs is 1. The zero-order valence-electron chi connectivity index (χ0n) is 21.4. The van der Waals surface area contributed by atoms with Crippen LogP contribution in [0.1, 0.15) is 63.5 Å². The monoisotopic (exact) mass is 489 g/mol. The molecule has 0 unspecified atom stereocenters. The van der Waals surface area contributed by atoms with Crippen LogP contribution in [0.5, 0.6) is 0 Å². The van der Waals surface area contributed by atoms with Gasteiger partial charge < -0.3 is 19.7 Å². The number of aliphatic hydroxyl groups excluding tert-OH is 1. The maximum atomic E-state index is 10.1. The molecule has 3 heterocycles. The average molecular weight is 490 g/mol. The molecule has 6 rings (SSSR count). The zero-order valence-corrected chi connectivity index (χ0v) is 21.4. The minimum Gasteiger partial charge on any atom is -0.393 e. The van der Waals surface area contributed by atoms with E-state index < -0.39 is 0 Å². The van der Waals surface area contributed by atoms with Gasteiger partial charge in [-0.05, 0) is 56.1 Å². The van der Waals surface area contributed by atoms with Crippen molar-refractivity contribution in [2.45, 2.75) is 76.6 Å². The van der Waals surface area contributed by atoms with Gasteiger partial charge in [0.1, 0.15) is 5.65 Å². The second-order valence-corrected chi connectivity index (χ2v) is 11.2. The van der Waals surface area contributed by atoms with E-state index in [9.17, 15) is 5.11 Å². The molecule has 1 aromatic carbocycles. The lowest BCUT2D eigenvalue weighted by atomic mass is 9.93. The fourth-order valence-electron chi connectivity index (χ4n) is 5.88. The Morgan fingerprint density at radius 3 is 2.53 bits per heavy atom. The third-order valence-corrected chi connectivity index (χ3v) is 8.17. The lowest BCUT2D eigenvalue weighted by Crippen LogP contribution is -2.35. The van der Waals surface area contributed by atoms with E-state index in [1.807, 2.05) is 6.20 Å². The molecule has 7 nitrogen and oxygen atoms in total. The van der Waals surface area contributed by atoms with E-state index in [-0.39, 0.29) is 6.10 Å². The Kier molecular flexibility index (Phi) is 6.96. The Bertz CT molecular complexity index is 1160. The molecule has 2 N–H and O–H groups in total. The van der Waals surface area contributed by atoms with Gasteiger partial charge in [-0.2, -0.15) is 4.98 Å². The van der Waals surface area contributed by atoms with Crippen molar-refractivity contribution in [1.82, 2.24) is 19.4 Å². The molecule has 2 aliphatic carbocycles. The number of nitrogens with zero attached hydrogens (tertiary/aromatic N) is 4. The summed E-state index contributed by atoms with van der Waals surface area (Å²) in [6, 6.07) is 9.72. The summed E-state index contributed by atoms with van der Waals surface area (Å²) >= 11 is 0. The largest absolute Gasteiger partial charge is 0.393 e. The number of rotatable bonds is 8. The molecule has 36 heavy (non-hydrogen) atoms. The van der Waals surface area contributed by atoms with Gasteiger partial charge in [0, 0.05) is 55.1 Å². The highest BCUT2D eigenvalue weighted by atomic mass is 16.5. The fraction of sp³-hybridized carbons (Fsp3) is 0.586. The number of hydrogen-bond acceptors (Lipinski definition) is 6. The fourth-order valence-corrected chi connectivity index (χ4v) is 5.88. The van der Waals surface area contributed by atoms with Crippen molar-refractivity contribution < 1.29 is 9.84 Å². The molecule has 7 heteroatoms. The van der Waals surface area contributed by atoms with E-state index in [4.69, 9.17) is 14.7 Å². The van der Waals surface area contributed by atoms with E-state index in [2.05, 4.69) is 52.2 Å². The van der Waals surface area contributed by atoms with Crippen molar-refractivity contribution in [1.29, 1.82) is 0 Å². The predicted octanol–water partition coefficient (Wildman–Crippen LogP) is 5.01. The topological polar surface area (TPSA) is 75.4 Å². The van der Waals surface area contributed by atoms with Crippen LogP contribution in [0, 0.1) is 5.92 Å². The smallest absolute Gasteiger partial charge is 0.224 e. The standard InChI is InChI=1S/C29H39N5O2/c1-20(16-21-2-3-21)31-29-30-17-26-27(19-34(28(26)32-29)24-8-10-25(35)11-9-24)23-6-4-22(5-7-23)18-33-12-14-36-15-13-33/h4-7,17,19-21,24-25,35H,2-3,8-16,18H2,1H3,(H,30,31,32)/t20-,24?,25?/m0/s1. The molecule has 192 valence electrons. The average Bonchev–Trinajstić information content (AvgIpc) is 3.63. The van der Waals surface area contributed by atoms with E-state index in [0.717, 1.165) is 81.4 Å². The highest BCUT2D eigenvalue weighted by Gasteiger charge is 2.26. The summed E-state index contributed by atoms with van der Waals surface area (Å²) < 4.78 is 7.85. The van der Waals surface area contributed by atoms with Crippen LogP contribution in [0.4, 0.5) is 5.95 Å². The SMILES string of the molecule is C[C@@H](CC1CC1)Nc1ncc2c(-c3ccc(CN4CCOCC4)cc3)cn(C3CCC(O)CC3)c2n1. The number of aliphatic hydroxyl groups is 1. The minimum absolute atomic E-state index is 0.170. The third kappa shape index (κ3) is 5.43. The summed E-state index contributed by atoms with van der Waals surface area (Å²) in [6.07, 6.45) is 11.7. The normalized spacial score (nSPS) is 24.2. The van der Waals surface area contributed by atoms with Crippen LogP contribution >= 0.6 is 0 Å². The van der Waals surface area contributed by atoms with Crippen molar-refractivity contribution in [3.63, 3.8) is 0 Å². The van der Waals surface area contributed by atoms with Crippen LogP contribution < -0.4 is 5.32 Å². The van der Waals surface area contributed by atoms with Crippen molar-refractivity contribution in [3.8, 4) is 11.1 Å². The van der Waals surface area contributed by atoms with Gasteiger partial charge in [0.25, 0.3) is 0 Å². The van der Waals surface area contributed by atoms with Crippen LogP contribution in [0.3, 0.4) is 0 Å². The van der Waals surface area contributed by atoms with Crippen molar-refractivity contribution in [2.24, 2.45) is 5.92 Å².